The molecule has 0 saturated carbocycles. The maximum atomic E-state index is 12.9. The highest BCUT2D eigenvalue weighted by molar-refractivity contribution is 5.92. The Kier molecular flexibility index (Phi) is 6.89. The van der Waals surface area contributed by atoms with E-state index < -0.39 is 18.1 Å². The summed E-state index contributed by atoms with van der Waals surface area (Å²) in [6.45, 7) is 2.16. The number of methoxy groups -OCH3 is 1. The number of allylic oxidation sites excluding steroid dienone is 1. The van der Waals surface area contributed by atoms with Gasteiger partial charge in [-0.05, 0) is 17.5 Å². The summed E-state index contributed by atoms with van der Waals surface area (Å²) in [6.07, 6.45) is 1.63. The molecule has 1 aliphatic rings. The van der Waals surface area contributed by atoms with E-state index in [0.717, 1.165) is 29.0 Å². The SMILES string of the molecule is CCCCC1=C(C(=O)OC)C(c2ccccc2)N(C(=O)OCc2ccccc2)O1. The first-order valence-corrected chi connectivity index (χ1v) is 9.69. The van der Waals surface area contributed by atoms with Crippen LogP contribution in [0.15, 0.2) is 72.0 Å². The Bertz CT molecular complexity index is 863. The van der Waals surface area contributed by atoms with Crippen LogP contribution in [0.5, 0.6) is 0 Å². The van der Waals surface area contributed by atoms with Gasteiger partial charge < -0.3 is 14.3 Å². The molecule has 1 unspecified atom stereocenters. The van der Waals surface area contributed by atoms with Crippen molar-refractivity contribution >= 4 is 12.1 Å². The van der Waals surface area contributed by atoms with Crippen LogP contribution in [0.3, 0.4) is 0 Å². The molecule has 3 rings (SSSR count). The number of benzene rings is 2. The third-order valence-corrected chi connectivity index (χ3v) is 4.68. The smallest absolute Gasteiger partial charge is 0.444 e. The van der Waals surface area contributed by atoms with Crippen LogP contribution in [0.25, 0.3) is 0 Å². The number of unbranched alkanes of at least 4 members (excludes halogenated alkanes) is 1. The number of hydrogen-bond acceptors (Lipinski definition) is 5. The highest BCUT2D eigenvalue weighted by Gasteiger charge is 2.44. The number of esters is 1. The van der Waals surface area contributed by atoms with E-state index in [1.807, 2.05) is 67.6 Å². The average molecular weight is 395 g/mol. The number of ether oxygens (including phenoxy) is 2. The van der Waals surface area contributed by atoms with Gasteiger partial charge in [0.05, 0.1) is 7.11 Å². The number of hydrogen-bond donors (Lipinski definition) is 0. The fourth-order valence-electron chi connectivity index (χ4n) is 3.21. The van der Waals surface area contributed by atoms with Crippen LogP contribution in [0.1, 0.15) is 43.4 Å². The van der Waals surface area contributed by atoms with E-state index in [0.29, 0.717) is 17.8 Å². The maximum absolute atomic E-state index is 12.9. The molecule has 6 nitrogen and oxygen atoms in total. The summed E-state index contributed by atoms with van der Waals surface area (Å²) in [5.74, 6) is -0.0625. The van der Waals surface area contributed by atoms with E-state index in [-0.39, 0.29) is 6.61 Å². The minimum atomic E-state index is -0.723. The summed E-state index contributed by atoms with van der Waals surface area (Å²) in [6, 6.07) is 17.9. The minimum absolute atomic E-state index is 0.110. The third-order valence-electron chi connectivity index (χ3n) is 4.68. The lowest BCUT2D eigenvalue weighted by Gasteiger charge is -2.23. The Hall–Kier alpha value is -3.28. The summed E-state index contributed by atoms with van der Waals surface area (Å²) < 4.78 is 10.5. The lowest BCUT2D eigenvalue weighted by Crippen LogP contribution is -2.32. The summed E-state index contributed by atoms with van der Waals surface area (Å²) in [5.41, 5.74) is 1.95. The molecular weight excluding hydrogens is 370 g/mol. The van der Waals surface area contributed by atoms with Crippen LogP contribution in [0.4, 0.5) is 4.79 Å². The van der Waals surface area contributed by atoms with Crippen LogP contribution in [0, 0.1) is 0 Å². The molecule has 0 spiro atoms. The van der Waals surface area contributed by atoms with Gasteiger partial charge in [0.25, 0.3) is 0 Å². The van der Waals surface area contributed by atoms with E-state index in [9.17, 15) is 9.59 Å². The lowest BCUT2D eigenvalue weighted by atomic mass is 9.97. The molecule has 2 aromatic carbocycles. The van der Waals surface area contributed by atoms with Crippen molar-refractivity contribution in [3.63, 3.8) is 0 Å². The second kappa shape index (κ2) is 9.78. The predicted molar refractivity (Wildman–Crippen MR) is 107 cm³/mol. The highest BCUT2D eigenvalue weighted by Crippen LogP contribution is 2.40. The van der Waals surface area contributed by atoms with Crippen LogP contribution in [-0.4, -0.2) is 24.2 Å². The fraction of sp³-hybridized carbons (Fsp3) is 0.304. The van der Waals surface area contributed by atoms with Gasteiger partial charge in [-0.1, -0.05) is 74.0 Å². The van der Waals surface area contributed by atoms with Crippen molar-refractivity contribution in [2.45, 2.75) is 38.8 Å². The van der Waals surface area contributed by atoms with E-state index in [1.54, 1.807) is 0 Å². The van der Waals surface area contributed by atoms with Gasteiger partial charge in [-0.15, -0.1) is 5.06 Å². The number of nitrogens with zero attached hydrogens (tertiary/aromatic N) is 1. The predicted octanol–water partition coefficient (Wildman–Crippen LogP) is 4.93. The van der Waals surface area contributed by atoms with Crippen LogP contribution < -0.4 is 0 Å². The molecule has 0 aromatic heterocycles. The maximum Gasteiger partial charge on any atom is 0.444 e. The van der Waals surface area contributed by atoms with Crippen molar-refractivity contribution in [3.05, 3.63) is 83.1 Å². The van der Waals surface area contributed by atoms with Gasteiger partial charge in [-0.2, -0.15) is 0 Å². The van der Waals surface area contributed by atoms with Gasteiger partial charge in [0, 0.05) is 6.42 Å². The first-order valence-electron chi connectivity index (χ1n) is 9.69. The Morgan fingerprint density at radius 2 is 1.69 bits per heavy atom. The molecule has 0 aliphatic carbocycles. The molecule has 29 heavy (non-hydrogen) atoms. The number of carbonyl (C=O) groups excluding carboxylic acids is 2. The zero-order valence-corrected chi connectivity index (χ0v) is 16.7. The first-order chi connectivity index (χ1) is 14.2. The normalized spacial score (nSPS) is 15.8. The monoisotopic (exact) mass is 395 g/mol. The summed E-state index contributed by atoms with van der Waals surface area (Å²) in [4.78, 5) is 31.3. The summed E-state index contributed by atoms with van der Waals surface area (Å²) in [7, 11) is 1.32. The zero-order chi connectivity index (χ0) is 20.6. The molecular formula is C23H25NO5. The number of carbonyl (C=O) groups is 2. The largest absolute Gasteiger partial charge is 0.465 e. The topological polar surface area (TPSA) is 65.1 Å². The number of rotatable bonds is 7. The van der Waals surface area contributed by atoms with Crippen molar-refractivity contribution in [2.24, 2.45) is 0 Å². The zero-order valence-electron chi connectivity index (χ0n) is 16.7. The first kappa shape index (κ1) is 20.5. The van der Waals surface area contributed by atoms with Crippen molar-refractivity contribution in [2.75, 3.05) is 7.11 Å². The quantitative estimate of drug-likeness (QED) is 0.622. The number of amides is 1. The molecule has 1 heterocycles. The molecule has 1 aliphatic heterocycles. The molecule has 152 valence electrons. The van der Waals surface area contributed by atoms with Crippen LogP contribution in [0.2, 0.25) is 0 Å². The molecule has 0 radical (unpaired) electrons. The summed E-state index contributed by atoms with van der Waals surface area (Å²) in [5, 5.41) is 1.13. The second-order valence-electron chi connectivity index (χ2n) is 6.70. The van der Waals surface area contributed by atoms with Crippen LogP contribution >= 0.6 is 0 Å². The molecule has 0 N–H and O–H groups in total. The van der Waals surface area contributed by atoms with Gasteiger partial charge >= 0.3 is 12.1 Å². The minimum Gasteiger partial charge on any atom is -0.465 e. The Labute approximate surface area is 170 Å². The van der Waals surface area contributed by atoms with E-state index in [2.05, 4.69) is 0 Å². The molecule has 0 bridgehead atoms. The van der Waals surface area contributed by atoms with Gasteiger partial charge in [0.2, 0.25) is 0 Å². The van der Waals surface area contributed by atoms with Gasteiger partial charge in [0.15, 0.2) is 0 Å². The lowest BCUT2D eigenvalue weighted by molar-refractivity contribution is -0.137. The van der Waals surface area contributed by atoms with E-state index >= 15 is 0 Å². The number of hydroxylamine groups is 2. The molecule has 6 heteroatoms. The standard InChI is InChI=1S/C23H25NO5/c1-3-4-15-19-20(22(25)27-2)21(18-13-9-6-10-14-18)24(29-19)23(26)28-16-17-11-7-5-8-12-17/h5-14,21H,3-4,15-16H2,1-2H3. The van der Waals surface area contributed by atoms with Crippen LogP contribution in [-0.2, 0) is 25.7 Å². The van der Waals surface area contributed by atoms with Gasteiger partial charge in [-0.3, -0.25) is 0 Å². The second-order valence-corrected chi connectivity index (χ2v) is 6.70. The molecule has 0 saturated heterocycles. The average Bonchev–Trinajstić information content (AvgIpc) is 3.16. The molecule has 0 fully saturated rings. The summed E-state index contributed by atoms with van der Waals surface area (Å²) >= 11 is 0. The van der Waals surface area contributed by atoms with Gasteiger partial charge in [-0.25, -0.2) is 9.59 Å². The van der Waals surface area contributed by atoms with Crippen molar-refractivity contribution in [1.29, 1.82) is 0 Å². The molecule has 2 aromatic rings. The highest BCUT2D eigenvalue weighted by atomic mass is 16.7. The van der Waals surface area contributed by atoms with Crippen molar-refractivity contribution in [1.82, 2.24) is 5.06 Å². The van der Waals surface area contributed by atoms with Gasteiger partial charge in [0.1, 0.15) is 24.0 Å². The fourth-order valence-corrected chi connectivity index (χ4v) is 3.21. The third kappa shape index (κ3) is 4.77. The van der Waals surface area contributed by atoms with Crippen molar-refractivity contribution in [3.8, 4) is 0 Å². The Morgan fingerprint density at radius 3 is 2.31 bits per heavy atom. The van der Waals surface area contributed by atoms with E-state index in [1.165, 1.54) is 7.11 Å². The van der Waals surface area contributed by atoms with E-state index in [4.69, 9.17) is 14.3 Å². The Balaban J connectivity index is 1.89. The molecule has 1 amide bonds. The molecule has 1 atom stereocenters. The van der Waals surface area contributed by atoms with Crippen molar-refractivity contribution < 1.29 is 23.9 Å². The Morgan fingerprint density at radius 1 is 1.03 bits per heavy atom.